The van der Waals surface area contributed by atoms with Crippen molar-refractivity contribution in [3.05, 3.63) is 83.7 Å². The number of esters is 1. The van der Waals surface area contributed by atoms with E-state index >= 15 is 0 Å². The number of hydrogen-bond donors (Lipinski definition) is 1. The van der Waals surface area contributed by atoms with E-state index in [0.29, 0.717) is 11.1 Å². The summed E-state index contributed by atoms with van der Waals surface area (Å²) in [6, 6.07) is 17.3. The quantitative estimate of drug-likeness (QED) is 0.726. The van der Waals surface area contributed by atoms with Crippen LogP contribution in [0.15, 0.2) is 66.9 Å². The fraction of sp³-hybridized carbons (Fsp3) is 0.105. The van der Waals surface area contributed by atoms with E-state index in [1.807, 2.05) is 13.0 Å². The molecule has 6 nitrogen and oxygen atoms in total. The Balaban J connectivity index is 1.78. The maximum absolute atomic E-state index is 12.3. The first kappa shape index (κ1) is 16.4. The van der Waals surface area contributed by atoms with Gasteiger partial charge in [0.2, 0.25) is 6.10 Å². The Bertz CT molecular complexity index is 886. The molecule has 1 atom stereocenters. The lowest BCUT2D eigenvalue weighted by molar-refractivity contribution is -0.127. The van der Waals surface area contributed by atoms with Gasteiger partial charge in [-0.2, -0.15) is 5.10 Å². The highest BCUT2D eigenvalue weighted by molar-refractivity contribution is 5.92. The molecule has 25 heavy (non-hydrogen) atoms. The molecule has 0 fully saturated rings. The Morgan fingerprint density at radius 1 is 1.04 bits per heavy atom. The third kappa shape index (κ3) is 3.58. The summed E-state index contributed by atoms with van der Waals surface area (Å²) in [6.45, 7) is 1.94. The molecule has 0 aliphatic carbocycles. The Labute approximate surface area is 144 Å². The maximum atomic E-state index is 12.3. The lowest BCUT2D eigenvalue weighted by Crippen LogP contribution is -2.26. The van der Waals surface area contributed by atoms with Gasteiger partial charge in [-0.1, -0.05) is 30.3 Å². The zero-order valence-electron chi connectivity index (χ0n) is 13.6. The van der Waals surface area contributed by atoms with Crippen LogP contribution < -0.4 is 5.73 Å². The van der Waals surface area contributed by atoms with E-state index in [9.17, 15) is 9.59 Å². The zero-order chi connectivity index (χ0) is 17.8. The number of amides is 1. The van der Waals surface area contributed by atoms with Crippen LogP contribution in [0.25, 0.3) is 5.69 Å². The number of hydrogen-bond acceptors (Lipinski definition) is 4. The molecule has 0 unspecified atom stereocenters. The SMILES string of the molecule is Cc1ccnn1-c1ccc(C(=O)O[C@@H](C(N)=O)c2ccccc2)cc1. The van der Waals surface area contributed by atoms with Crippen molar-refractivity contribution >= 4 is 11.9 Å². The first-order chi connectivity index (χ1) is 12.1. The van der Waals surface area contributed by atoms with Crippen molar-refractivity contribution in [1.82, 2.24) is 9.78 Å². The third-order valence-electron chi connectivity index (χ3n) is 3.77. The Kier molecular flexibility index (Phi) is 4.61. The topological polar surface area (TPSA) is 87.2 Å². The highest BCUT2D eigenvalue weighted by Crippen LogP contribution is 2.19. The van der Waals surface area contributed by atoms with E-state index in [1.165, 1.54) is 0 Å². The molecule has 3 aromatic rings. The van der Waals surface area contributed by atoms with Crippen molar-refractivity contribution in [2.45, 2.75) is 13.0 Å². The highest BCUT2D eigenvalue weighted by atomic mass is 16.5. The standard InChI is InChI=1S/C19H17N3O3/c1-13-11-12-21-22(13)16-9-7-15(8-10-16)19(24)25-17(18(20)23)14-5-3-2-4-6-14/h2-12,17H,1H3,(H2,20,23)/t17-/m1/s1. The molecule has 126 valence electrons. The second-order valence-electron chi connectivity index (χ2n) is 5.53. The average Bonchev–Trinajstić information content (AvgIpc) is 3.06. The van der Waals surface area contributed by atoms with Gasteiger partial charge >= 0.3 is 5.97 Å². The van der Waals surface area contributed by atoms with E-state index in [0.717, 1.165) is 11.4 Å². The van der Waals surface area contributed by atoms with Crippen LogP contribution in [0.5, 0.6) is 0 Å². The van der Waals surface area contributed by atoms with Gasteiger partial charge in [-0.05, 0) is 37.3 Å². The van der Waals surface area contributed by atoms with E-state index in [-0.39, 0.29) is 0 Å². The molecule has 0 saturated heterocycles. The Morgan fingerprint density at radius 3 is 2.28 bits per heavy atom. The lowest BCUT2D eigenvalue weighted by Gasteiger charge is -2.15. The first-order valence-corrected chi connectivity index (χ1v) is 7.72. The van der Waals surface area contributed by atoms with Gasteiger partial charge in [0.05, 0.1) is 11.3 Å². The van der Waals surface area contributed by atoms with Crippen molar-refractivity contribution in [3.63, 3.8) is 0 Å². The molecule has 1 amide bonds. The monoisotopic (exact) mass is 335 g/mol. The van der Waals surface area contributed by atoms with Crippen LogP contribution in [0.1, 0.15) is 27.7 Å². The smallest absolute Gasteiger partial charge is 0.339 e. The van der Waals surface area contributed by atoms with Crippen LogP contribution in [-0.4, -0.2) is 21.7 Å². The molecule has 1 heterocycles. The summed E-state index contributed by atoms with van der Waals surface area (Å²) >= 11 is 0. The fourth-order valence-corrected chi connectivity index (χ4v) is 2.47. The van der Waals surface area contributed by atoms with Crippen molar-refractivity contribution < 1.29 is 14.3 Å². The van der Waals surface area contributed by atoms with Crippen LogP contribution in [0.3, 0.4) is 0 Å². The summed E-state index contributed by atoms with van der Waals surface area (Å²) in [7, 11) is 0. The Hall–Kier alpha value is -3.41. The second kappa shape index (κ2) is 7.00. The minimum absolute atomic E-state index is 0.329. The minimum Gasteiger partial charge on any atom is -0.444 e. The number of aromatic nitrogens is 2. The van der Waals surface area contributed by atoms with Crippen molar-refractivity contribution in [2.24, 2.45) is 5.73 Å². The molecule has 0 spiro atoms. The summed E-state index contributed by atoms with van der Waals surface area (Å²) in [4.78, 5) is 24.0. The molecule has 2 aromatic carbocycles. The van der Waals surface area contributed by atoms with Gasteiger partial charge in [0.1, 0.15) is 0 Å². The van der Waals surface area contributed by atoms with Crippen molar-refractivity contribution in [1.29, 1.82) is 0 Å². The van der Waals surface area contributed by atoms with Crippen LogP contribution >= 0.6 is 0 Å². The molecular weight excluding hydrogens is 318 g/mol. The van der Waals surface area contributed by atoms with Gasteiger partial charge < -0.3 is 10.5 Å². The summed E-state index contributed by atoms with van der Waals surface area (Å²) in [6.07, 6.45) is 0.580. The number of carbonyl (C=O) groups is 2. The van der Waals surface area contributed by atoms with E-state index in [1.54, 1.807) is 65.5 Å². The molecular formula is C19H17N3O3. The number of ether oxygens (including phenoxy) is 1. The number of aryl methyl sites for hydroxylation is 1. The normalized spacial score (nSPS) is 11.7. The second-order valence-corrected chi connectivity index (χ2v) is 5.53. The summed E-state index contributed by atoms with van der Waals surface area (Å²) in [5, 5.41) is 4.21. The number of rotatable bonds is 5. The van der Waals surface area contributed by atoms with Gasteiger partial charge in [0.15, 0.2) is 0 Å². The maximum Gasteiger partial charge on any atom is 0.339 e. The molecule has 1 aromatic heterocycles. The van der Waals surface area contributed by atoms with Crippen LogP contribution in [0.2, 0.25) is 0 Å². The van der Waals surface area contributed by atoms with Crippen molar-refractivity contribution in [2.75, 3.05) is 0 Å². The van der Waals surface area contributed by atoms with Crippen LogP contribution in [0, 0.1) is 6.92 Å². The zero-order valence-corrected chi connectivity index (χ0v) is 13.6. The van der Waals surface area contributed by atoms with Gasteiger partial charge in [0, 0.05) is 17.5 Å². The van der Waals surface area contributed by atoms with E-state index in [4.69, 9.17) is 10.5 Å². The molecule has 0 saturated carbocycles. The number of benzene rings is 2. The number of nitrogens with zero attached hydrogens (tertiary/aromatic N) is 2. The van der Waals surface area contributed by atoms with Crippen LogP contribution in [-0.2, 0) is 9.53 Å². The molecule has 2 N–H and O–H groups in total. The number of nitrogens with two attached hydrogens (primary N) is 1. The highest BCUT2D eigenvalue weighted by Gasteiger charge is 2.23. The predicted molar refractivity (Wildman–Crippen MR) is 92.1 cm³/mol. The van der Waals surface area contributed by atoms with E-state index < -0.39 is 18.0 Å². The number of primary amides is 1. The molecule has 3 rings (SSSR count). The lowest BCUT2D eigenvalue weighted by atomic mass is 10.1. The molecule has 0 radical (unpaired) electrons. The Morgan fingerprint density at radius 2 is 1.72 bits per heavy atom. The van der Waals surface area contributed by atoms with Crippen molar-refractivity contribution in [3.8, 4) is 5.69 Å². The number of carbonyl (C=O) groups excluding carboxylic acids is 2. The van der Waals surface area contributed by atoms with Crippen LogP contribution in [0.4, 0.5) is 0 Å². The first-order valence-electron chi connectivity index (χ1n) is 7.72. The minimum atomic E-state index is -1.12. The molecule has 0 aliphatic heterocycles. The van der Waals surface area contributed by atoms with Gasteiger partial charge in [-0.3, -0.25) is 4.79 Å². The molecule has 0 bridgehead atoms. The average molecular weight is 335 g/mol. The largest absolute Gasteiger partial charge is 0.444 e. The molecule has 0 aliphatic rings. The fourth-order valence-electron chi connectivity index (χ4n) is 2.47. The summed E-state index contributed by atoms with van der Waals surface area (Å²) in [5.74, 6) is -1.33. The predicted octanol–water partition coefficient (Wildman–Crippen LogP) is 2.56. The van der Waals surface area contributed by atoms with Gasteiger partial charge in [-0.25, -0.2) is 9.48 Å². The summed E-state index contributed by atoms with van der Waals surface area (Å²) < 4.78 is 7.06. The molecule has 6 heteroatoms. The van der Waals surface area contributed by atoms with E-state index in [2.05, 4.69) is 5.10 Å². The summed E-state index contributed by atoms with van der Waals surface area (Å²) in [5.41, 5.74) is 8.04. The van der Waals surface area contributed by atoms with Gasteiger partial charge in [0.25, 0.3) is 5.91 Å². The van der Waals surface area contributed by atoms with Gasteiger partial charge in [-0.15, -0.1) is 0 Å². The third-order valence-corrected chi connectivity index (χ3v) is 3.77.